The zero-order chi connectivity index (χ0) is 16.2. The van der Waals surface area contributed by atoms with Crippen LogP contribution in [-0.2, 0) is 21.8 Å². The molecule has 1 rings (SSSR count). The first-order chi connectivity index (χ1) is 9.67. The van der Waals surface area contributed by atoms with Crippen LogP contribution in [0, 0.1) is 0 Å². The summed E-state index contributed by atoms with van der Waals surface area (Å²) < 4.78 is 70.1. The fraction of sp³-hybridized carbons (Fsp3) is 0.455. The van der Waals surface area contributed by atoms with Gasteiger partial charge in [0.15, 0.2) is 0 Å². The Balaban J connectivity index is 3.32. The molecule has 21 heavy (non-hydrogen) atoms. The van der Waals surface area contributed by atoms with Crippen LogP contribution >= 0.6 is 11.6 Å². The van der Waals surface area contributed by atoms with Gasteiger partial charge in [-0.05, 0) is 5.56 Å². The molecule has 1 aromatic heterocycles. The van der Waals surface area contributed by atoms with E-state index in [2.05, 4.69) is 14.5 Å². The molecular weight excluding hydrogens is 325 g/mol. The number of hydrogen-bond acceptors (Lipinski definition) is 4. The molecular formula is C11H9ClF5NO3. The number of ether oxygens (including phenoxy) is 2. The number of hydrogen-bond donors (Lipinski definition) is 0. The summed E-state index contributed by atoms with van der Waals surface area (Å²) in [4.78, 5) is 14.6. The summed E-state index contributed by atoms with van der Waals surface area (Å²) in [7, 11) is 1.04. The van der Waals surface area contributed by atoms with Crippen LogP contribution in [0.4, 0.5) is 22.0 Å². The zero-order valence-electron chi connectivity index (χ0n) is 10.5. The Labute approximate surface area is 120 Å². The minimum absolute atomic E-state index is 0.277. The highest BCUT2D eigenvalue weighted by molar-refractivity contribution is 6.17. The number of nitrogens with zero attached hydrogens (tertiary/aromatic N) is 1. The van der Waals surface area contributed by atoms with Crippen molar-refractivity contribution < 1.29 is 36.2 Å². The maximum absolute atomic E-state index is 13.0. The quantitative estimate of drug-likeness (QED) is 0.471. The van der Waals surface area contributed by atoms with Crippen molar-refractivity contribution in [1.29, 1.82) is 0 Å². The number of aromatic nitrogens is 1. The number of rotatable bonds is 5. The second-order valence-corrected chi connectivity index (χ2v) is 3.98. The maximum Gasteiger partial charge on any atom is 0.574 e. The van der Waals surface area contributed by atoms with Crippen molar-refractivity contribution in [3.05, 3.63) is 22.9 Å². The number of halogens is 6. The van der Waals surface area contributed by atoms with E-state index < -0.39 is 42.5 Å². The molecule has 0 saturated heterocycles. The lowest BCUT2D eigenvalue weighted by atomic mass is 10.0. The molecule has 0 radical (unpaired) electrons. The predicted octanol–water partition coefficient (Wildman–Crippen LogP) is 3.37. The molecule has 0 unspecified atom stereocenters. The molecule has 0 N–H and O–H groups in total. The first-order valence-electron chi connectivity index (χ1n) is 5.37. The van der Waals surface area contributed by atoms with Gasteiger partial charge in [0.05, 0.1) is 25.1 Å². The number of esters is 1. The van der Waals surface area contributed by atoms with Gasteiger partial charge in [0.2, 0.25) is 5.88 Å². The highest BCUT2D eigenvalue weighted by Crippen LogP contribution is 2.31. The summed E-state index contributed by atoms with van der Waals surface area (Å²) in [6.07, 6.45) is -8.80. The SMILES string of the molecule is COC(=O)Cc1c(C(F)F)cc(OC(F)(F)F)nc1CCl. The van der Waals surface area contributed by atoms with E-state index >= 15 is 0 Å². The highest BCUT2D eigenvalue weighted by Gasteiger charge is 2.33. The van der Waals surface area contributed by atoms with Crippen LogP contribution in [0.1, 0.15) is 23.2 Å². The van der Waals surface area contributed by atoms with Crippen LogP contribution < -0.4 is 4.74 Å². The van der Waals surface area contributed by atoms with Crippen molar-refractivity contribution >= 4 is 17.6 Å². The molecule has 0 fully saturated rings. The Morgan fingerprint density at radius 1 is 1.43 bits per heavy atom. The fourth-order valence-electron chi connectivity index (χ4n) is 1.52. The van der Waals surface area contributed by atoms with Crippen LogP contribution in [0.25, 0.3) is 0 Å². The van der Waals surface area contributed by atoms with E-state index in [0.717, 1.165) is 7.11 Å². The third-order valence-electron chi connectivity index (χ3n) is 2.35. The first-order valence-corrected chi connectivity index (χ1v) is 5.90. The number of carbonyl (C=O) groups excluding carboxylic acids is 1. The van der Waals surface area contributed by atoms with Crippen molar-refractivity contribution in [3.63, 3.8) is 0 Å². The van der Waals surface area contributed by atoms with Gasteiger partial charge < -0.3 is 9.47 Å². The smallest absolute Gasteiger partial charge is 0.469 e. The molecule has 0 atom stereocenters. The average Bonchev–Trinajstić information content (AvgIpc) is 2.37. The minimum atomic E-state index is -5.08. The Bertz CT molecular complexity index is 521. The van der Waals surface area contributed by atoms with Gasteiger partial charge >= 0.3 is 12.3 Å². The van der Waals surface area contributed by atoms with Crippen molar-refractivity contribution in [2.24, 2.45) is 0 Å². The third-order valence-corrected chi connectivity index (χ3v) is 2.60. The van der Waals surface area contributed by atoms with Crippen molar-refractivity contribution in [3.8, 4) is 5.88 Å². The van der Waals surface area contributed by atoms with Crippen molar-refractivity contribution in [2.75, 3.05) is 7.11 Å². The van der Waals surface area contributed by atoms with Crippen LogP contribution in [0.5, 0.6) is 5.88 Å². The van der Waals surface area contributed by atoms with Crippen molar-refractivity contribution in [2.45, 2.75) is 25.1 Å². The lowest BCUT2D eigenvalue weighted by molar-refractivity contribution is -0.276. The molecule has 118 valence electrons. The molecule has 0 amide bonds. The van der Waals surface area contributed by atoms with Crippen LogP contribution in [0.15, 0.2) is 6.07 Å². The fourth-order valence-corrected chi connectivity index (χ4v) is 1.74. The van der Waals surface area contributed by atoms with E-state index in [1.54, 1.807) is 0 Å². The molecule has 0 aliphatic rings. The topological polar surface area (TPSA) is 48.4 Å². The Morgan fingerprint density at radius 2 is 2.05 bits per heavy atom. The van der Waals surface area contributed by atoms with Crippen LogP contribution in [-0.4, -0.2) is 24.4 Å². The van der Waals surface area contributed by atoms with Gasteiger partial charge in [0.1, 0.15) is 0 Å². The van der Waals surface area contributed by atoms with Gasteiger partial charge in [0, 0.05) is 11.6 Å². The largest absolute Gasteiger partial charge is 0.574 e. The molecule has 10 heteroatoms. The zero-order valence-corrected chi connectivity index (χ0v) is 11.3. The van der Waals surface area contributed by atoms with E-state index in [0.29, 0.717) is 6.07 Å². The first kappa shape index (κ1) is 17.4. The van der Waals surface area contributed by atoms with Gasteiger partial charge in [-0.25, -0.2) is 13.8 Å². The molecule has 0 spiro atoms. The molecule has 0 aromatic carbocycles. The summed E-state index contributed by atoms with van der Waals surface area (Å²) in [5, 5.41) is 0. The number of methoxy groups -OCH3 is 1. The van der Waals surface area contributed by atoms with Gasteiger partial charge in [0.25, 0.3) is 6.43 Å². The molecule has 1 aromatic rings. The molecule has 0 bridgehead atoms. The molecule has 1 heterocycles. The monoisotopic (exact) mass is 333 g/mol. The predicted molar refractivity (Wildman–Crippen MR) is 61.2 cm³/mol. The molecule has 4 nitrogen and oxygen atoms in total. The minimum Gasteiger partial charge on any atom is -0.469 e. The van der Waals surface area contributed by atoms with Gasteiger partial charge in [-0.15, -0.1) is 24.8 Å². The summed E-state index contributed by atoms with van der Waals surface area (Å²) >= 11 is 5.48. The lowest BCUT2D eigenvalue weighted by Crippen LogP contribution is -2.19. The van der Waals surface area contributed by atoms with Gasteiger partial charge in [-0.2, -0.15) is 0 Å². The van der Waals surface area contributed by atoms with Gasteiger partial charge in [-0.1, -0.05) is 0 Å². The van der Waals surface area contributed by atoms with Crippen LogP contribution in [0.3, 0.4) is 0 Å². The van der Waals surface area contributed by atoms with Crippen molar-refractivity contribution in [1.82, 2.24) is 4.98 Å². The normalized spacial score (nSPS) is 11.6. The van der Waals surface area contributed by atoms with E-state index in [4.69, 9.17) is 11.6 Å². The van der Waals surface area contributed by atoms with Crippen LogP contribution in [0.2, 0.25) is 0 Å². The van der Waals surface area contributed by atoms with Gasteiger partial charge in [-0.3, -0.25) is 4.79 Å². The standard InChI is InChI=1S/C11H9ClF5NO3/c1-20-9(19)3-5-6(10(13)14)2-8(18-7(5)4-12)21-11(15,16)17/h2,10H,3-4H2,1H3. The number of pyridine rings is 1. The third kappa shape index (κ3) is 5.00. The average molecular weight is 334 g/mol. The number of carbonyl (C=O) groups is 1. The number of alkyl halides is 6. The van der Waals surface area contributed by atoms with E-state index in [-0.39, 0.29) is 11.3 Å². The Hall–Kier alpha value is -1.64. The summed E-state index contributed by atoms with van der Waals surface area (Å²) in [6, 6.07) is 0.423. The summed E-state index contributed by atoms with van der Waals surface area (Å²) in [5.41, 5.74) is -1.40. The second-order valence-electron chi connectivity index (χ2n) is 3.71. The Morgan fingerprint density at radius 3 is 2.48 bits per heavy atom. The highest BCUT2D eigenvalue weighted by atomic mass is 35.5. The second kappa shape index (κ2) is 6.88. The Kier molecular flexibility index (Phi) is 5.70. The molecule has 0 aliphatic heterocycles. The van der Waals surface area contributed by atoms with E-state index in [1.165, 1.54) is 0 Å². The van der Waals surface area contributed by atoms with E-state index in [1.807, 2.05) is 0 Å². The lowest BCUT2D eigenvalue weighted by Gasteiger charge is -2.15. The van der Waals surface area contributed by atoms with E-state index in [9.17, 15) is 26.7 Å². The summed E-state index contributed by atoms with van der Waals surface area (Å²) in [5.74, 6) is -2.39. The molecule has 0 saturated carbocycles. The maximum atomic E-state index is 13.0. The summed E-state index contributed by atoms with van der Waals surface area (Å²) in [6.45, 7) is 0. The molecule has 0 aliphatic carbocycles.